The summed E-state index contributed by atoms with van der Waals surface area (Å²) in [5.74, 6) is 0.218. The average molecular weight is 631 g/mol. The van der Waals surface area contributed by atoms with Gasteiger partial charge in [0, 0.05) is 59.5 Å². The number of nitrogens with one attached hydrogen (secondary N) is 1. The molecule has 2 heterocycles. The van der Waals surface area contributed by atoms with E-state index in [9.17, 15) is 9.59 Å². The topological polar surface area (TPSA) is 80.8 Å². The average Bonchev–Trinajstić information content (AvgIpc) is 3.43. The molecule has 2 aromatic carbocycles. The number of unbranched alkanes of at least 4 members (excludes halogenated alkanes) is 1. The lowest BCUT2D eigenvalue weighted by atomic mass is 9.93. The lowest BCUT2D eigenvalue weighted by molar-refractivity contribution is -0.143. The third-order valence-corrected chi connectivity index (χ3v) is 8.49. The minimum atomic E-state index is -0.234. The van der Waals surface area contributed by atoms with Gasteiger partial charge in [-0.2, -0.15) is 0 Å². The van der Waals surface area contributed by atoms with Crippen LogP contribution in [0.4, 0.5) is 5.82 Å². The van der Waals surface area contributed by atoms with E-state index in [1.165, 1.54) is 0 Å². The van der Waals surface area contributed by atoms with Crippen LogP contribution in [0.2, 0.25) is 5.02 Å². The van der Waals surface area contributed by atoms with E-state index in [0.717, 1.165) is 64.7 Å². The summed E-state index contributed by atoms with van der Waals surface area (Å²) in [5, 5.41) is 4.55. The molecule has 9 heteroatoms. The zero-order valence-electron chi connectivity index (χ0n) is 23.3. The smallest absolute Gasteiger partial charge is 0.305 e. The Morgan fingerprint density at radius 1 is 1.23 bits per heavy atom. The summed E-state index contributed by atoms with van der Waals surface area (Å²) in [6, 6.07) is 13.4. The maximum absolute atomic E-state index is 13.9. The van der Waals surface area contributed by atoms with Crippen molar-refractivity contribution in [3.63, 3.8) is 0 Å². The predicted octanol–water partition coefficient (Wildman–Crippen LogP) is 6.82. The number of rotatable bonds is 12. The molecule has 0 radical (unpaired) electrons. The van der Waals surface area contributed by atoms with Crippen molar-refractivity contribution >= 4 is 56.1 Å². The van der Waals surface area contributed by atoms with Crippen LogP contribution in [0.1, 0.15) is 66.4 Å². The van der Waals surface area contributed by atoms with Crippen LogP contribution in [0.3, 0.4) is 0 Å². The number of halogens is 2. The van der Waals surface area contributed by atoms with Gasteiger partial charge in [0.2, 0.25) is 0 Å². The van der Waals surface area contributed by atoms with E-state index < -0.39 is 0 Å². The number of hydrogen-bond acceptors (Lipinski definition) is 6. The Balaban J connectivity index is 1.59. The standard InChI is InChI=1S/C31H37BrClN3O4/c1-4-5-17-40-27(37)14-13-21(23-9-6-7-12-26(23)33)18-34-31(38)28-20(2)30(36-16-15-22(19-36)39-3)35-29-24(28)10-8-11-25(29)32/h6-12,21-22H,4-5,13-19H2,1-3H3,(H,34,38). The fourth-order valence-electron chi connectivity index (χ4n) is 5.22. The summed E-state index contributed by atoms with van der Waals surface area (Å²) >= 11 is 10.2. The second-order valence-corrected chi connectivity index (χ2v) is 11.5. The third-order valence-electron chi connectivity index (χ3n) is 7.50. The third kappa shape index (κ3) is 7.14. The molecule has 0 aliphatic carbocycles. The highest BCUT2D eigenvalue weighted by molar-refractivity contribution is 9.10. The van der Waals surface area contributed by atoms with Crippen molar-refractivity contribution in [3.8, 4) is 0 Å². The molecule has 1 aromatic heterocycles. The van der Waals surface area contributed by atoms with E-state index in [4.69, 9.17) is 26.1 Å². The van der Waals surface area contributed by atoms with Gasteiger partial charge in [-0.1, -0.05) is 55.3 Å². The van der Waals surface area contributed by atoms with Crippen LogP contribution in [0.15, 0.2) is 46.9 Å². The zero-order chi connectivity index (χ0) is 28.6. The lowest BCUT2D eigenvalue weighted by Crippen LogP contribution is -2.31. The van der Waals surface area contributed by atoms with Gasteiger partial charge >= 0.3 is 5.97 Å². The van der Waals surface area contributed by atoms with E-state index >= 15 is 0 Å². The van der Waals surface area contributed by atoms with Gasteiger partial charge < -0.3 is 19.7 Å². The number of benzene rings is 2. The minimum Gasteiger partial charge on any atom is -0.466 e. The van der Waals surface area contributed by atoms with Gasteiger partial charge in [0.1, 0.15) is 5.82 Å². The molecular weight excluding hydrogens is 594 g/mol. The van der Waals surface area contributed by atoms with E-state index in [1.807, 2.05) is 49.4 Å². The molecule has 3 aromatic rings. The maximum atomic E-state index is 13.9. The van der Waals surface area contributed by atoms with Crippen molar-refractivity contribution in [1.29, 1.82) is 0 Å². The normalized spacial score (nSPS) is 15.8. The Morgan fingerprint density at radius 3 is 2.75 bits per heavy atom. The van der Waals surface area contributed by atoms with Crippen molar-refractivity contribution in [2.24, 2.45) is 0 Å². The maximum Gasteiger partial charge on any atom is 0.305 e. The van der Waals surface area contributed by atoms with Crippen molar-refractivity contribution in [2.45, 2.75) is 58.0 Å². The molecule has 1 N–H and O–H groups in total. The Bertz CT molecular complexity index is 1350. The first-order valence-corrected chi connectivity index (χ1v) is 15.1. The van der Waals surface area contributed by atoms with E-state index in [2.05, 4.69) is 33.1 Å². The second kappa shape index (κ2) is 14.3. The number of aromatic nitrogens is 1. The summed E-state index contributed by atoms with van der Waals surface area (Å²) in [6.45, 7) is 6.30. The SMILES string of the molecule is CCCCOC(=O)CCC(CNC(=O)c1c(C)c(N2CCC(OC)C2)nc2c(Br)cccc12)c1ccccc1Cl. The molecule has 0 spiro atoms. The summed E-state index contributed by atoms with van der Waals surface area (Å²) in [6.07, 6.45) is 3.61. The van der Waals surface area contributed by atoms with Crippen molar-refractivity contribution in [3.05, 3.63) is 68.7 Å². The molecule has 0 bridgehead atoms. The van der Waals surface area contributed by atoms with Gasteiger partial charge in [-0.05, 0) is 59.8 Å². The summed E-state index contributed by atoms with van der Waals surface area (Å²) in [7, 11) is 1.73. The van der Waals surface area contributed by atoms with Gasteiger partial charge in [-0.3, -0.25) is 9.59 Å². The number of fused-ring (bicyclic) bond motifs is 1. The quantitative estimate of drug-likeness (QED) is 0.175. The lowest BCUT2D eigenvalue weighted by Gasteiger charge is -2.24. The largest absolute Gasteiger partial charge is 0.466 e. The number of carbonyl (C=O) groups excluding carboxylic acids is 2. The molecule has 2 atom stereocenters. The summed E-state index contributed by atoms with van der Waals surface area (Å²) in [4.78, 5) is 33.4. The number of anilines is 1. The highest BCUT2D eigenvalue weighted by Gasteiger charge is 2.28. The number of amides is 1. The van der Waals surface area contributed by atoms with Gasteiger partial charge in [0.05, 0.1) is 23.8 Å². The molecule has 4 rings (SSSR count). The van der Waals surface area contributed by atoms with Crippen LogP contribution in [0.5, 0.6) is 0 Å². The van der Waals surface area contributed by atoms with E-state index in [-0.39, 0.29) is 30.3 Å². The van der Waals surface area contributed by atoms with E-state index in [0.29, 0.717) is 30.2 Å². The van der Waals surface area contributed by atoms with Crippen LogP contribution in [-0.2, 0) is 14.3 Å². The number of ether oxygens (including phenoxy) is 2. The molecule has 1 saturated heterocycles. The number of hydrogen-bond donors (Lipinski definition) is 1. The summed E-state index contributed by atoms with van der Waals surface area (Å²) in [5.41, 5.74) is 3.06. The van der Waals surface area contributed by atoms with Crippen molar-refractivity contribution < 1.29 is 19.1 Å². The van der Waals surface area contributed by atoms with Gasteiger partial charge in [0.15, 0.2) is 0 Å². The highest BCUT2D eigenvalue weighted by atomic mass is 79.9. The molecule has 2 unspecified atom stereocenters. The van der Waals surface area contributed by atoms with Crippen LogP contribution in [0, 0.1) is 6.92 Å². The van der Waals surface area contributed by atoms with Crippen LogP contribution in [0.25, 0.3) is 10.9 Å². The number of para-hydroxylation sites is 1. The highest BCUT2D eigenvalue weighted by Crippen LogP contribution is 2.34. The van der Waals surface area contributed by atoms with Crippen LogP contribution >= 0.6 is 27.5 Å². The molecule has 40 heavy (non-hydrogen) atoms. The molecule has 1 fully saturated rings. The minimum absolute atomic E-state index is 0.137. The molecule has 1 aliphatic heterocycles. The first kappa shape index (κ1) is 30.3. The number of pyridine rings is 1. The van der Waals surface area contributed by atoms with Gasteiger partial charge in [-0.15, -0.1) is 0 Å². The fraction of sp³-hybridized carbons (Fsp3) is 0.452. The molecule has 1 aliphatic rings. The molecule has 1 amide bonds. The molecular formula is C31H37BrClN3O4. The molecule has 0 saturated carbocycles. The van der Waals surface area contributed by atoms with Crippen LogP contribution < -0.4 is 10.2 Å². The molecule has 214 valence electrons. The number of carbonyl (C=O) groups is 2. The number of nitrogens with zero attached hydrogens (tertiary/aromatic N) is 2. The number of methoxy groups -OCH3 is 1. The van der Waals surface area contributed by atoms with Gasteiger partial charge in [-0.25, -0.2) is 4.98 Å². The second-order valence-electron chi connectivity index (χ2n) is 10.2. The first-order valence-electron chi connectivity index (χ1n) is 13.9. The Morgan fingerprint density at radius 2 is 2.02 bits per heavy atom. The predicted molar refractivity (Wildman–Crippen MR) is 163 cm³/mol. The first-order chi connectivity index (χ1) is 19.3. The number of esters is 1. The van der Waals surface area contributed by atoms with Crippen molar-refractivity contribution in [2.75, 3.05) is 38.3 Å². The Labute approximate surface area is 249 Å². The van der Waals surface area contributed by atoms with Crippen molar-refractivity contribution in [1.82, 2.24) is 10.3 Å². The Kier molecular flexibility index (Phi) is 10.8. The monoisotopic (exact) mass is 629 g/mol. The van der Waals surface area contributed by atoms with E-state index in [1.54, 1.807) is 7.11 Å². The zero-order valence-corrected chi connectivity index (χ0v) is 25.7. The fourth-order valence-corrected chi connectivity index (χ4v) is 5.97. The van der Waals surface area contributed by atoms with Gasteiger partial charge in [0.25, 0.3) is 5.91 Å². The summed E-state index contributed by atoms with van der Waals surface area (Å²) < 4.78 is 11.8. The Hall–Kier alpha value is -2.68. The molecule has 7 nitrogen and oxygen atoms in total. The van der Waals surface area contributed by atoms with Crippen LogP contribution in [-0.4, -0.2) is 56.3 Å².